The van der Waals surface area contributed by atoms with Crippen LogP contribution < -0.4 is 0 Å². The van der Waals surface area contributed by atoms with Gasteiger partial charge in [0.25, 0.3) is 0 Å². The summed E-state index contributed by atoms with van der Waals surface area (Å²) < 4.78 is 5.46. The summed E-state index contributed by atoms with van der Waals surface area (Å²) in [5, 5.41) is 0. The number of hydrogen-bond acceptors (Lipinski definition) is 3. The van der Waals surface area contributed by atoms with Crippen LogP contribution in [-0.2, 0) is 4.74 Å². The fourth-order valence-corrected chi connectivity index (χ4v) is 5.21. The lowest BCUT2D eigenvalue weighted by molar-refractivity contribution is -0.216. The highest BCUT2D eigenvalue weighted by molar-refractivity contribution is 5.22. The molecular formula is C21H44N2O. The third-order valence-electron chi connectivity index (χ3n) is 5.96. The van der Waals surface area contributed by atoms with Crippen molar-refractivity contribution in [3.05, 3.63) is 0 Å². The normalized spacial score (nSPS) is 35.6. The van der Waals surface area contributed by atoms with Gasteiger partial charge < -0.3 is 4.74 Å². The smallest absolute Gasteiger partial charge is 0.0594 e. The number of rotatable bonds is 2. The van der Waals surface area contributed by atoms with E-state index in [9.17, 15) is 0 Å². The Bertz CT molecular complexity index is 311. The Kier molecular flexibility index (Phi) is 9.25. The molecule has 2 bridgehead atoms. The third kappa shape index (κ3) is 4.53. The first-order valence-corrected chi connectivity index (χ1v) is 10.8. The maximum absolute atomic E-state index is 5.46. The van der Waals surface area contributed by atoms with Gasteiger partial charge >= 0.3 is 0 Å². The van der Waals surface area contributed by atoms with Crippen molar-refractivity contribution in [2.24, 2.45) is 5.41 Å². The van der Waals surface area contributed by atoms with Crippen LogP contribution in [0.25, 0.3) is 0 Å². The highest BCUT2D eigenvalue weighted by atomic mass is 16.5. The second-order valence-electron chi connectivity index (χ2n) is 7.43. The van der Waals surface area contributed by atoms with Gasteiger partial charge in [-0.25, -0.2) is 0 Å². The fourth-order valence-electron chi connectivity index (χ4n) is 5.21. The van der Waals surface area contributed by atoms with Crippen LogP contribution >= 0.6 is 0 Å². The van der Waals surface area contributed by atoms with Crippen LogP contribution in [0.2, 0.25) is 0 Å². The molecule has 3 heteroatoms. The first-order chi connectivity index (χ1) is 11.7. The van der Waals surface area contributed by atoms with Crippen molar-refractivity contribution in [2.75, 3.05) is 39.4 Å². The van der Waals surface area contributed by atoms with Crippen LogP contribution in [0.4, 0.5) is 0 Å². The Hall–Kier alpha value is -0.120. The number of morpholine rings is 1. The van der Waals surface area contributed by atoms with Crippen LogP contribution in [0.15, 0.2) is 0 Å². The SMILES string of the molecule is CC.CC.CC.CC12CC(N3CCC(N4CCOCC4)CC3)(C1)C2. The molecule has 5 aliphatic rings. The van der Waals surface area contributed by atoms with E-state index in [0.29, 0.717) is 5.54 Å². The molecule has 0 atom stereocenters. The molecule has 5 fully saturated rings. The molecule has 0 aromatic carbocycles. The van der Waals surface area contributed by atoms with Crippen LogP contribution in [0.5, 0.6) is 0 Å². The van der Waals surface area contributed by atoms with Crippen molar-refractivity contribution < 1.29 is 4.74 Å². The van der Waals surface area contributed by atoms with E-state index >= 15 is 0 Å². The molecule has 0 N–H and O–H groups in total. The summed E-state index contributed by atoms with van der Waals surface area (Å²) in [6.07, 6.45) is 7.24. The van der Waals surface area contributed by atoms with Crippen molar-refractivity contribution in [1.82, 2.24) is 9.80 Å². The lowest BCUT2D eigenvalue weighted by atomic mass is 9.39. The average molecular weight is 341 g/mol. The Balaban J connectivity index is 0.000000436. The highest BCUT2D eigenvalue weighted by Crippen LogP contribution is 2.69. The molecule has 144 valence electrons. The number of ether oxygens (including phenoxy) is 1. The minimum Gasteiger partial charge on any atom is -0.379 e. The lowest BCUT2D eigenvalue weighted by Crippen LogP contribution is -2.74. The molecule has 2 heterocycles. The second kappa shape index (κ2) is 10.1. The zero-order valence-electron chi connectivity index (χ0n) is 17.7. The molecule has 0 aromatic rings. The van der Waals surface area contributed by atoms with Gasteiger partial charge in [-0.3, -0.25) is 9.80 Å². The number of piperidine rings is 1. The number of likely N-dealkylation sites (tertiary alicyclic amines) is 1. The lowest BCUT2D eigenvalue weighted by Gasteiger charge is -2.74. The molecule has 0 radical (unpaired) electrons. The van der Waals surface area contributed by atoms with E-state index in [1.54, 1.807) is 0 Å². The van der Waals surface area contributed by atoms with Gasteiger partial charge in [-0.1, -0.05) is 48.5 Å². The van der Waals surface area contributed by atoms with E-state index in [-0.39, 0.29) is 0 Å². The first-order valence-electron chi connectivity index (χ1n) is 10.8. The van der Waals surface area contributed by atoms with E-state index in [1.165, 1.54) is 45.2 Å². The summed E-state index contributed by atoms with van der Waals surface area (Å²) in [7, 11) is 0. The molecule has 3 aliphatic carbocycles. The fraction of sp³-hybridized carbons (Fsp3) is 1.00. The van der Waals surface area contributed by atoms with Crippen LogP contribution in [0.3, 0.4) is 0 Å². The number of hydrogen-bond donors (Lipinski definition) is 0. The van der Waals surface area contributed by atoms with Gasteiger partial charge in [0.1, 0.15) is 0 Å². The minimum atomic E-state index is 0.671. The Morgan fingerprint density at radius 3 is 1.62 bits per heavy atom. The molecule has 0 spiro atoms. The Labute approximate surface area is 152 Å². The van der Waals surface area contributed by atoms with Crippen molar-refractivity contribution >= 4 is 0 Å². The minimum absolute atomic E-state index is 0.671. The molecule has 0 aromatic heterocycles. The van der Waals surface area contributed by atoms with Crippen molar-refractivity contribution in [3.63, 3.8) is 0 Å². The molecule has 5 rings (SSSR count). The van der Waals surface area contributed by atoms with Gasteiger partial charge in [-0.2, -0.15) is 0 Å². The van der Waals surface area contributed by atoms with E-state index in [1.807, 2.05) is 41.5 Å². The second-order valence-corrected chi connectivity index (χ2v) is 7.43. The topological polar surface area (TPSA) is 15.7 Å². The molecule has 3 saturated carbocycles. The third-order valence-corrected chi connectivity index (χ3v) is 5.96. The monoisotopic (exact) mass is 340 g/mol. The summed E-state index contributed by atoms with van der Waals surface area (Å²) in [6, 6.07) is 0.841. The maximum Gasteiger partial charge on any atom is 0.0594 e. The maximum atomic E-state index is 5.46. The zero-order valence-corrected chi connectivity index (χ0v) is 17.7. The van der Waals surface area contributed by atoms with E-state index in [2.05, 4.69) is 16.7 Å². The predicted molar refractivity (Wildman–Crippen MR) is 106 cm³/mol. The molecule has 2 aliphatic heterocycles. The van der Waals surface area contributed by atoms with Crippen molar-refractivity contribution in [3.8, 4) is 0 Å². The summed E-state index contributed by atoms with van der Waals surface area (Å²) in [4.78, 5) is 5.50. The predicted octanol–water partition coefficient (Wildman–Crippen LogP) is 4.80. The van der Waals surface area contributed by atoms with Crippen LogP contribution in [0.1, 0.15) is 80.6 Å². The number of nitrogens with zero attached hydrogens (tertiary/aromatic N) is 2. The summed E-state index contributed by atoms with van der Waals surface area (Å²) in [5.41, 5.74) is 1.42. The van der Waals surface area contributed by atoms with Gasteiger partial charge in [0, 0.05) is 37.8 Å². The first kappa shape index (κ1) is 21.9. The van der Waals surface area contributed by atoms with Gasteiger partial charge in [0.05, 0.1) is 13.2 Å². The van der Waals surface area contributed by atoms with Crippen molar-refractivity contribution in [2.45, 2.75) is 92.2 Å². The molecule has 24 heavy (non-hydrogen) atoms. The van der Waals surface area contributed by atoms with Crippen LogP contribution in [0, 0.1) is 5.41 Å². The van der Waals surface area contributed by atoms with Gasteiger partial charge in [0.2, 0.25) is 0 Å². The van der Waals surface area contributed by atoms with Gasteiger partial charge in [-0.05, 0) is 37.5 Å². The molecule has 3 nitrogen and oxygen atoms in total. The standard InChI is InChI=1S/C15H26N2O.3C2H6/c1-14-10-15(11-14,12-14)17-4-2-13(3-5-17)16-6-8-18-9-7-16;3*1-2/h13H,2-12H2,1H3;3*1-2H3. The summed E-state index contributed by atoms with van der Waals surface area (Å²) >= 11 is 0. The van der Waals surface area contributed by atoms with Crippen molar-refractivity contribution in [1.29, 1.82) is 0 Å². The molecule has 0 amide bonds. The van der Waals surface area contributed by atoms with E-state index in [4.69, 9.17) is 4.74 Å². The quantitative estimate of drug-likeness (QED) is 0.718. The highest BCUT2D eigenvalue weighted by Gasteiger charge is 2.67. The molecular weight excluding hydrogens is 296 g/mol. The molecule has 2 saturated heterocycles. The summed E-state index contributed by atoms with van der Waals surface area (Å²) in [5.74, 6) is 0. The van der Waals surface area contributed by atoms with Gasteiger partial charge in [-0.15, -0.1) is 0 Å². The Morgan fingerprint density at radius 1 is 0.750 bits per heavy atom. The van der Waals surface area contributed by atoms with E-state index in [0.717, 1.165) is 37.8 Å². The largest absolute Gasteiger partial charge is 0.379 e. The van der Waals surface area contributed by atoms with E-state index < -0.39 is 0 Å². The zero-order chi connectivity index (χ0) is 18.2. The summed E-state index contributed by atoms with van der Waals surface area (Å²) in [6.45, 7) is 21.4. The Morgan fingerprint density at radius 2 is 1.21 bits per heavy atom. The van der Waals surface area contributed by atoms with Crippen LogP contribution in [-0.4, -0.2) is 60.8 Å². The molecule has 0 unspecified atom stereocenters. The average Bonchev–Trinajstić information content (AvgIpc) is 2.64. The van der Waals surface area contributed by atoms with Gasteiger partial charge in [0.15, 0.2) is 0 Å².